The average Bonchev–Trinajstić information content (AvgIpc) is 2.84. The van der Waals surface area contributed by atoms with Crippen LogP contribution in [0.3, 0.4) is 0 Å². The van der Waals surface area contributed by atoms with Crippen molar-refractivity contribution in [2.24, 2.45) is 5.92 Å². The Bertz CT molecular complexity index is 589. The fourth-order valence-electron chi connectivity index (χ4n) is 4.27. The third-order valence-electron chi connectivity index (χ3n) is 5.24. The summed E-state index contributed by atoms with van der Waals surface area (Å²) < 4.78 is 7.21. The summed E-state index contributed by atoms with van der Waals surface area (Å²) in [6.07, 6.45) is 5.41. The van der Waals surface area contributed by atoms with Crippen molar-refractivity contribution >= 4 is 40.2 Å². The van der Waals surface area contributed by atoms with Crippen LogP contribution >= 0.6 is 34.2 Å². The molecule has 1 aromatic carbocycles. The molecule has 2 saturated heterocycles. The van der Waals surface area contributed by atoms with Gasteiger partial charge in [0.2, 0.25) is 0 Å². The summed E-state index contributed by atoms with van der Waals surface area (Å²) in [7, 11) is 1.50. The molecule has 0 amide bonds. The van der Waals surface area contributed by atoms with Gasteiger partial charge in [0.1, 0.15) is 0 Å². The van der Waals surface area contributed by atoms with Gasteiger partial charge in [-0.2, -0.15) is 0 Å². The Labute approximate surface area is 156 Å². The highest BCUT2D eigenvalue weighted by Crippen LogP contribution is 2.47. The van der Waals surface area contributed by atoms with Gasteiger partial charge in [-0.3, -0.25) is 9.69 Å². The van der Waals surface area contributed by atoms with E-state index < -0.39 is 0 Å². The Balaban J connectivity index is 1.91. The molecule has 2 fully saturated rings. The highest BCUT2D eigenvalue weighted by molar-refractivity contribution is 14.1. The third-order valence-corrected chi connectivity index (χ3v) is 6.00. The van der Waals surface area contributed by atoms with Crippen molar-refractivity contribution in [1.29, 1.82) is 0 Å². The van der Waals surface area contributed by atoms with Crippen molar-refractivity contribution < 1.29 is 9.53 Å². The van der Waals surface area contributed by atoms with Gasteiger partial charge in [0.05, 0.1) is 13.0 Å². The number of carbonyl (C=O) groups is 1. The predicted octanol–water partition coefficient (Wildman–Crippen LogP) is 4.40. The minimum Gasteiger partial charge on any atom is -0.469 e. The van der Waals surface area contributed by atoms with Gasteiger partial charge < -0.3 is 4.74 Å². The van der Waals surface area contributed by atoms with Crippen LogP contribution in [0, 0.1) is 5.92 Å². The number of rotatable bonds is 4. The number of hydrogen-bond acceptors (Lipinski definition) is 3. The van der Waals surface area contributed by atoms with E-state index in [-0.39, 0.29) is 23.8 Å². The van der Waals surface area contributed by atoms with E-state index in [0.29, 0.717) is 6.04 Å². The molecule has 124 valence electrons. The molecule has 4 atom stereocenters. The van der Waals surface area contributed by atoms with Crippen LogP contribution in [0.1, 0.15) is 30.7 Å². The molecule has 1 aromatic rings. The second kappa shape index (κ2) is 7.53. The summed E-state index contributed by atoms with van der Waals surface area (Å²) in [5.74, 6) is 0.0401. The molecule has 3 rings (SSSR count). The zero-order valence-corrected chi connectivity index (χ0v) is 16.0. The molecule has 0 saturated carbocycles. The molecule has 0 spiro atoms. The van der Waals surface area contributed by atoms with Gasteiger partial charge >= 0.3 is 5.97 Å². The number of benzene rings is 1. The van der Waals surface area contributed by atoms with Crippen LogP contribution in [0.25, 0.3) is 0 Å². The van der Waals surface area contributed by atoms with Crippen molar-refractivity contribution in [3.8, 4) is 0 Å². The number of nitrogens with zero attached hydrogens (tertiary/aromatic N) is 1. The summed E-state index contributed by atoms with van der Waals surface area (Å²) in [6, 6.07) is 8.77. The molecule has 3 nitrogen and oxygen atoms in total. The molecule has 0 aliphatic carbocycles. The topological polar surface area (TPSA) is 29.5 Å². The number of esters is 1. The van der Waals surface area contributed by atoms with Crippen LogP contribution in [-0.4, -0.2) is 36.6 Å². The van der Waals surface area contributed by atoms with E-state index in [1.807, 2.05) is 12.1 Å². The zero-order valence-electron chi connectivity index (χ0n) is 13.1. The molecule has 0 N–H and O–H groups in total. The van der Waals surface area contributed by atoms with Crippen molar-refractivity contribution in [2.45, 2.75) is 37.3 Å². The molecule has 2 aliphatic rings. The first-order valence-electron chi connectivity index (χ1n) is 8.00. The van der Waals surface area contributed by atoms with Crippen molar-refractivity contribution in [3.63, 3.8) is 0 Å². The molecule has 2 aliphatic heterocycles. The maximum Gasteiger partial charge on any atom is 0.310 e. The molecule has 2 heterocycles. The van der Waals surface area contributed by atoms with Gasteiger partial charge in [-0.25, -0.2) is 0 Å². The Morgan fingerprint density at radius 2 is 2.13 bits per heavy atom. The minimum atomic E-state index is -0.0949. The first kappa shape index (κ1) is 17.2. The number of halogens is 2. The van der Waals surface area contributed by atoms with E-state index in [4.69, 9.17) is 16.3 Å². The number of piperidine rings is 1. The van der Waals surface area contributed by atoms with E-state index in [1.54, 1.807) is 0 Å². The quantitative estimate of drug-likeness (QED) is 0.508. The maximum atomic E-state index is 12.5. The highest BCUT2D eigenvalue weighted by atomic mass is 127. The Morgan fingerprint density at radius 1 is 1.39 bits per heavy atom. The molecule has 2 unspecified atom stereocenters. The van der Waals surface area contributed by atoms with Gasteiger partial charge in [0.15, 0.2) is 0 Å². The van der Waals surface area contributed by atoms with Crippen LogP contribution < -0.4 is 0 Å². The normalized spacial score (nSPS) is 30.7. The molecule has 23 heavy (non-hydrogen) atoms. The van der Waals surface area contributed by atoms with Crippen LogP contribution in [-0.2, 0) is 9.53 Å². The van der Waals surface area contributed by atoms with E-state index in [1.165, 1.54) is 12.7 Å². The monoisotopic (exact) mass is 445 g/mol. The van der Waals surface area contributed by atoms with Crippen LogP contribution in [0.4, 0.5) is 0 Å². The van der Waals surface area contributed by atoms with Crippen molar-refractivity contribution in [3.05, 3.63) is 45.0 Å². The summed E-state index contributed by atoms with van der Waals surface area (Å²) in [6.45, 7) is 0.916. The lowest BCUT2D eigenvalue weighted by molar-refractivity contribution is -0.150. The number of methoxy groups -OCH3 is 1. The maximum absolute atomic E-state index is 12.5. The third kappa shape index (κ3) is 3.44. The van der Waals surface area contributed by atoms with E-state index in [2.05, 4.69) is 49.8 Å². The Hall–Kier alpha value is -0.590. The van der Waals surface area contributed by atoms with Crippen LogP contribution in [0.5, 0.6) is 0 Å². The molecule has 5 heteroatoms. The first-order chi connectivity index (χ1) is 11.2. The summed E-state index contributed by atoms with van der Waals surface area (Å²) in [4.78, 5) is 15.0. The number of hydrogen-bond donors (Lipinski definition) is 0. The lowest BCUT2D eigenvalue weighted by Gasteiger charge is -2.43. The zero-order chi connectivity index (χ0) is 16.4. The summed E-state index contributed by atoms with van der Waals surface area (Å²) in [5, 5.41) is 0.732. The molecule has 0 radical (unpaired) electrons. The Kier molecular flexibility index (Phi) is 5.65. The van der Waals surface area contributed by atoms with E-state index >= 15 is 0 Å². The molecular weight excluding hydrogens is 425 g/mol. The molecular formula is C18H21ClINO2. The van der Waals surface area contributed by atoms with Gasteiger partial charge in [-0.15, -0.1) is 0 Å². The number of fused-ring (bicyclic) bond motifs is 2. The lowest BCUT2D eigenvalue weighted by Crippen LogP contribution is -2.50. The second-order valence-corrected chi connectivity index (χ2v) is 7.46. The molecule has 0 aromatic heterocycles. The fourth-order valence-corrected chi connectivity index (χ4v) is 4.62. The summed E-state index contributed by atoms with van der Waals surface area (Å²) in [5.41, 5.74) is 1.20. The standard InChI is InChI=1S/C18H21ClINO2/c1-23-18(22)17-15(12-3-5-13(19)6-4-12)11-14-7-8-16(17)21(14)10-2-9-20/h2-6,9,14-17H,7-8,10-11H2,1H3/b9-2+/t14?,15-,16?,17+/m1/s1. The lowest BCUT2D eigenvalue weighted by atomic mass is 9.76. The van der Waals surface area contributed by atoms with Gasteiger partial charge in [-0.05, 0) is 41.0 Å². The smallest absolute Gasteiger partial charge is 0.310 e. The van der Waals surface area contributed by atoms with Gasteiger partial charge in [-0.1, -0.05) is 52.4 Å². The van der Waals surface area contributed by atoms with Crippen LogP contribution in [0.15, 0.2) is 34.4 Å². The second-order valence-electron chi connectivity index (χ2n) is 6.30. The number of carbonyl (C=O) groups excluding carboxylic acids is 1. The van der Waals surface area contributed by atoms with E-state index in [9.17, 15) is 4.79 Å². The van der Waals surface area contributed by atoms with Crippen molar-refractivity contribution in [1.82, 2.24) is 4.90 Å². The average molecular weight is 446 g/mol. The largest absolute Gasteiger partial charge is 0.469 e. The predicted molar refractivity (Wildman–Crippen MR) is 101 cm³/mol. The Morgan fingerprint density at radius 3 is 2.78 bits per heavy atom. The van der Waals surface area contributed by atoms with Gasteiger partial charge in [0.25, 0.3) is 0 Å². The van der Waals surface area contributed by atoms with Gasteiger partial charge in [0, 0.05) is 29.6 Å². The molecule has 2 bridgehead atoms. The summed E-state index contributed by atoms with van der Waals surface area (Å²) >= 11 is 8.27. The fraction of sp³-hybridized carbons (Fsp3) is 0.500. The SMILES string of the molecule is COC(=O)[C@@H]1C2CCC(C[C@@H]1c1ccc(Cl)cc1)N2C/C=C/I. The van der Waals surface area contributed by atoms with Crippen molar-refractivity contribution in [2.75, 3.05) is 13.7 Å². The highest BCUT2D eigenvalue weighted by Gasteiger charge is 2.50. The van der Waals surface area contributed by atoms with Crippen LogP contribution in [0.2, 0.25) is 5.02 Å². The van der Waals surface area contributed by atoms with E-state index in [0.717, 1.165) is 30.8 Å². The number of ether oxygens (including phenoxy) is 1. The first-order valence-corrected chi connectivity index (χ1v) is 9.62. The minimum absolute atomic E-state index is 0.0845.